The van der Waals surface area contributed by atoms with Crippen molar-refractivity contribution < 1.29 is 13.6 Å². The van der Waals surface area contributed by atoms with Crippen LogP contribution in [-0.2, 0) is 6.54 Å². The number of carbonyl (C=O) groups is 1. The largest absolute Gasteiger partial charge is 0.346 e. The maximum atomic E-state index is 13.1. The summed E-state index contributed by atoms with van der Waals surface area (Å²) in [6.45, 7) is 0.208. The van der Waals surface area contributed by atoms with Crippen molar-refractivity contribution >= 4 is 11.6 Å². The van der Waals surface area contributed by atoms with Crippen LogP contribution in [0.15, 0.2) is 48.8 Å². The molecule has 21 heavy (non-hydrogen) atoms. The minimum atomic E-state index is -1.05. The topological polar surface area (TPSA) is 46.4 Å². The zero-order valence-corrected chi connectivity index (χ0v) is 10.9. The lowest BCUT2D eigenvalue weighted by molar-refractivity contribution is 0.0950. The molecule has 4 nitrogen and oxygen atoms in total. The van der Waals surface area contributed by atoms with Crippen molar-refractivity contribution in [1.82, 2.24) is 14.7 Å². The lowest BCUT2D eigenvalue weighted by Gasteiger charge is -2.03. The molecule has 0 saturated carbocycles. The van der Waals surface area contributed by atoms with E-state index in [4.69, 9.17) is 0 Å². The van der Waals surface area contributed by atoms with E-state index >= 15 is 0 Å². The van der Waals surface area contributed by atoms with Crippen molar-refractivity contribution in [2.24, 2.45) is 0 Å². The first kappa shape index (κ1) is 13.2. The van der Waals surface area contributed by atoms with Crippen LogP contribution in [0.1, 0.15) is 16.1 Å². The molecule has 1 amide bonds. The third kappa shape index (κ3) is 2.74. The Balaban J connectivity index is 1.71. The van der Waals surface area contributed by atoms with Gasteiger partial charge >= 0.3 is 0 Å². The highest BCUT2D eigenvalue weighted by atomic mass is 19.2. The van der Waals surface area contributed by atoms with E-state index in [2.05, 4.69) is 10.3 Å². The van der Waals surface area contributed by atoms with E-state index in [9.17, 15) is 13.6 Å². The predicted molar refractivity (Wildman–Crippen MR) is 72.7 cm³/mol. The van der Waals surface area contributed by atoms with Crippen LogP contribution in [0.3, 0.4) is 0 Å². The highest BCUT2D eigenvalue weighted by Crippen LogP contribution is 2.09. The number of nitrogens with zero attached hydrogens (tertiary/aromatic N) is 2. The first-order chi connectivity index (χ1) is 10.1. The highest BCUT2D eigenvalue weighted by Gasteiger charge is 2.10. The molecule has 0 bridgehead atoms. The number of aromatic nitrogens is 2. The second-order valence-electron chi connectivity index (χ2n) is 4.51. The number of nitrogens with one attached hydrogen (secondary N) is 1. The number of carbonyl (C=O) groups excluding carboxylic acids is 1. The van der Waals surface area contributed by atoms with Gasteiger partial charge in [0.1, 0.15) is 5.65 Å². The molecule has 106 valence electrons. The summed E-state index contributed by atoms with van der Waals surface area (Å²) < 4.78 is 27.7. The summed E-state index contributed by atoms with van der Waals surface area (Å²) in [6, 6.07) is 8.62. The zero-order chi connectivity index (χ0) is 14.8. The zero-order valence-electron chi connectivity index (χ0n) is 10.9. The van der Waals surface area contributed by atoms with Gasteiger partial charge in [-0.15, -0.1) is 0 Å². The fraction of sp³-hybridized carbons (Fsp3) is 0.0667. The first-order valence-corrected chi connectivity index (χ1v) is 6.29. The number of pyridine rings is 1. The van der Waals surface area contributed by atoms with E-state index in [1.54, 1.807) is 6.20 Å². The van der Waals surface area contributed by atoms with Gasteiger partial charge in [0, 0.05) is 18.0 Å². The molecule has 0 aliphatic carbocycles. The molecular formula is C15H11F2N3O. The molecule has 0 atom stereocenters. The Morgan fingerprint density at radius 2 is 2.05 bits per heavy atom. The molecule has 1 aromatic carbocycles. The Bertz CT molecular complexity index is 781. The number of amides is 1. The Morgan fingerprint density at radius 3 is 2.81 bits per heavy atom. The van der Waals surface area contributed by atoms with Crippen LogP contribution in [0.2, 0.25) is 0 Å². The monoisotopic (exact) mass is 287 g/mol. The normalized spacial score (nSPS) is 10.8. The Labute approximate surface area is 119 Å². The van der Waals surface area contributed by atoms with Crippen molar-refractivity contribution in [3.63, 3.8) is 0 Å². The Kier molecular flexibility index (Phi) is 3.35. The van der Waals surface area contributed by atoms with Crippen LogP contribution in [0.5, 0.6) is 0 Å². The number of fused-ring (bicyclic) bond motifs is 1. The van der Waals surface area contributed by atoms with Gasteiger partial charge in [0.2, 0.25) is 0 Å². The molecule has 0 spiro atoms. The number of imidazole rings is 1. The molecular weight excluding hydrogens is 276 g/mol. The van der Waals surface area contributed by atoms with Crippen molar-refractivity contribution in [3.8, 4) is 0 Å². The second-order valence-corrected chi connectivity index (χ2v) is 4.51. The molecule has 3 aromatic rings. The summed E-state index contributed by atoms with van der Waals surface area (Å²) in [5.74, 6) is -2.51. The lowest BCUT2D eigenvalue weighted by atomic mass is 10.2. The van der Waals surface area contributed by atoms with Gasteiger partial charge in [0.05, 0.1) is 12.2 Å². The molecule has 2 heterocycles. The van der Waals surface area contributed by atoms with Crippen LogP contribution in [0, 0.1) is 11.6 Å². The van der Waals surface area contributed by atoms with Crippen LogP contribution in [-0.4, -0.2) is 15.3 Å². The number of hydrogen-bond acceptors (Lipinski definition) is 2. The van der Waals surface area contributed by atoms with E-state index in [-0.39, 0.29) is 12.1 Å². The number of rotatable bonds is 3. The molecule has 0 aliphatic rings. The van der Waals surface area contributed by atoms with Crippen LogP contribution in [0.4, 0.5) is 8.78 Å². The fourth-order valence-electron chi connectivity index (χ4n) is 1.98. The van der Waals surface area contributed by atoms with Gasteiger partial charge < -0.3 is 9.72 Å². The van der Waals surface area contributed by atoms with E-state index in [0.29, 0.717) is 5.69 Å². The average Bonchev–Trinajstić information content (AvgIpc) is 2.90. The second kappa shape index (κ2) is 5.32. The van der Waals surface area contributed by atoms with Gasteiger partial charge in [0.15, 0.2) is 11.6 Å². The first-order valence-electron chi connectivity index (χ1n) is 6.29. The van der Waals surface area contributed by atoms with Gasteiger partial charge in [-0.1, -0.05) is 6.07 Å². The summed E-state index contributed by atoms with van der Waals surface area (Å²) >= 11 is 0. The Morgan fingerprint density at radius 1 is 1.19 bits per heavy atom. The molecule has 0 radical (unpaired) electrons. The van der Waals surface area contributed by atoms with Crippen LogP contribution < -0.4 is 5.32 Å². The smallest absolute Gasteiger partial charge is 0.251 e. The van der Waals surface area contributed by atoms with E-state index in [0.717, 1.165) is 17.8 Å². The number of hydrogen-bond donors (Lipinski definition) is 1. The van der Waals surface area contributed by atoms with Gasteiger partial charge in [-0.2, -0.15) is 0 Å². The molecule has 0 fully saturated rings. The van der Waals surface area contributed by atoms with Crippen molar-refractivity contribution in [2.45, 2.75) is 6.54 Å². The summed E-state index contributed by atoms with van der Waals surface area (Å²) in [7, 11) is 0. The minimum absolute atomic E-state index is 0.0673. The summed E-state index contributed by atoms with van der Waals surface area (Å²) in [6.07, 6.45) is 3.64. The minimum Gasteiger partial charge on any atom is -0.346 e. The van der Waals surface area contributed by atoms with Crippen LogP contribution >= 0.6 is 0 Å². The lowest BCUT2D eigenvalue weighted by Crippen LogP contribution is -2.23. The molecule has 6 heteroatoms. The number of halogens is 2. The molecule has 1 N–H and O–H groups in total. The molecule has 2 aromatic heterocycles. The van der Waals surface area contributed by atoms with Gasteiger partial charge in [-0.25, -0.2) is 13.8 Å². The van der Waals surface area contributed by atoms with E-state index < -0.39 is 17.5 Å². The van der Waals surface area contributed by atoms with Gasteiger partial charge in [-0.3, -0.25) is 4.79 Å². The van der Waals surface area contributed by atoms with Crippen molar-refractivity contribution in [1.29, 1.82) is 0 Å². The molecule has 3 rings (SSSR count). The highest BCUT2D eigenvalue weighted by molar-refractivity contribution is 5.94. The fourth-order valence-corrected chi connectivity index (χ4v) is 1.98. The SMILES string of the molecule is O=C(NCc1cn2ccccc2n1)c1ccc(F)c(F)c1. The van der Waals surface area contributed by atoms with Gasteiger partial charge in [0.25, 0.3) is 5.91 Å². The maximum Gasteiger partial charge on any atom is 0.251 e. The molecule has 0 unspecified atom stereocenters. The number of benzene rings is 1. The third-order valence-corrected chi connectivity index (χ3v) is 3.03. The van der Waals surface area contributed by atoms with Crippen molar-refractivity contribution in [2.75, 3.05) is 0 Å². The summed E-state index contributed by atoms with van der Waals surface area (Å²) in [5.41, 5.74) is 1.52. The maximum absolute atomic E-state index is 13.1. The van der Waals surface area contributed by atoms with Crippen molar-refractivity contribution in [3.05, 3.63) is 71.7 Å². The van der Waals surface area contributed by atoms with E-state index in [1.165, 1.54) is 6.07 Å². The van der Waals surface area contributed by atoms with Crippen LogP contribution in [0.25, 0.3) is 5.65 Å². The average molecular weight is 287 g/mol. The Hall–Kier alpha value is -2.76. The quantitative estimate of drug-likeness (QED) is 0.804. The van der Waals surface area contributed by atoms with E-state index in [1.807, 2.05) is 28.8 Å². The predicted octanol–water partition coefficient (Wildman–Crippen LogP) is 2.54. The summed E-state index contributed by atoms with van der Waals surface area (Å²) in [4.78, 5) is 16.2. The van der Waals surface area contributed by atoms with Gasteiger partial charge in [-0.05, 0) is 30.3 Å². The molecule has 0 aliphatic heterocycles. The molecule has 0 saturated heterocycles. The standard InChI is InChI=1S/C15H11F2N3O/c16-12-5-4-10(7-13(12)17)15(21)18-8-11-9-20-6-2-1-3-14(20)19-11/h1-7,9H,8H2,(H,18,21). The third-order valence-electron chi connectivity index (χ3n) is 3.03. The summed E-state index contributed by atoms with van der Waals surface area (Å²) in [5, 5.41) is 2.62.